The second-order valence-corrected chi connectivity index (χ2v) is 6.74. The van der Waals surface area contributed by atoms with Gasteiger partial charge < -0.3 is 20.1 Å². The van der Waals surface area contributed by atoms with Gasteiger partial charge in [-0.2, -0.15) is 0 Å². The largest absolute Gasteiger partial charge is 0.460 e. The molecule has 0 bridgehead atoms. The van der Waals surface area contributed by atoms with Crippen molar-refractivity contribution in [3.63, 3.8) is 0 Å². The SMILES string of the molecule is CCCN1C(=O)NC(c2cccc(NC(=O)CCl)c2)C(C(=O)OCCOC)=C1C. The Kier molecular flexibility index (Phi) is 8.48. The highest BCUT2D eigenvalue weighted by atomic mass is 35.5. The van der Waals surface area contributed by atoms with Crippen LogP contribution in [0.2, 0.25) is 0 Å². The molecule has 2 N–H and O–H groups in total. The van der Waals surface area contributed by atoms with Gasteiger partial charge in [-0.1, -0.05) is 19.1 Å². The van der Waals surface area contributed by atoms with Crippen LogP contribution in [0, 0.1) is 0 Å². The van der Waals surface area contributed by atoms with Crippen molar-refractivity contribution in [2.75, 3.05) is 38.1 Å². The average molecular weight is 424 g/mol. The van der Waals surface area contributed by atoms with Crippen LogP contribution in [-0.4, -0.2) is 55.6 Å². The second-order valence-electron chi connectivity index (χ2n) is 6.47. The number of allylic oxidation sites excluding steroid dienone is 1. The van der Waals surface area contributed by atoms with Gasteiger partial charge in [0.1, 0.15) is 12.5 Å². The molecule has 9 heteroatoms. The lowest BCUT2D eigenvalue weighted by atomic mass is 9.94. The number of halogens is 1. The van der Waals surface area contributed by atoms with E-state index in [1.54, 1.807) is 31.2 Å². The number of ether oxygens (including phenoxy) is 2. The van der Waals surface area contributed by atoms with Gasteiger partial charge in [-0.15, -0.1) is 11.6 Å². The summed E-state index contributed by atoms with van der Waals surface area (Å²) in [5.74, 6) is -1.05. The van der Waals surface area contributed by atoms with Crippen LogP contribution >= 0.6 is 11.6 Å². The normalized spacial score (nSPS) is 16.5. The first-order valence-corrected chi connectivity index (χ1v) is 9.87. The van der Waals surface area contributed by atoms with Gasteiger partial charge in [-0.05, 0) is 31.0 Å². The molecule has 1 aliphatic rings. The number of anilines is 1. The molecule has 0 spiro atoms. The first-order chi connectivity index (χ1) is 13.9. The number of amides is 3. The van der Waals surface area contributed by atoms with Gasteiger partial charge >= 0.3 is 12.0 Å². The molecule has 1 aromatic rings. The monoisotopic (exact) mass is 423 g/mol. The Morgan fingerprint density at radius 3 is 2.72 bits per heavy atom. The molecule has 29 heavy (non-hydrogen) atoms. The van der Waals surface area contributed by atoms with E-state index in [2.05, 4.69) is 10.6 Å². The number of nitrogens with zero attached hydrogens (tertiary/aromatic N) is 1. The van der Waals surface area contributed by atoms with Crippen molar-refractivity contribution in [2.24, 2.45) is 0 Å². The van der Waals surface area contributed by atoms with E-state index in [-0.39, 0.29) is 31.0 Å². The zero-order chi connectivity index (χ0) is 21.4. The number of benzene rings is 1. The molecule has 1 aliphatic heterocycles. The summed E-state index contributed by atoms with van der Waals surface area (Å²) in [4.78, 5) is 38.6. The van der Waals surface area contributed by atoms with Gasteiger partial charge in [0.2, 0.25) is 5.91 Å². The quantitative estimate of drug-likeness (QED) is 0.361. The highest BCUT2D eigenvalue weighted by Crippen LogP contribution is 2.32. The summed E-state index contributed by atoms with van der Waals surface area (Å²) in [5, 5.41) is 5.54. The molecule has 0 fully saturated rings. The van der Waals surface area contributed by atoms with E-state index in [1.165, 1.54) is 12.0 Å². The summed E-state index contributed by atoms with van der Waals surface area (Å²) in [7, 11) is 1.52. The molecule has 1 aromatic carbocycles. The minimum atomic E-state index is -0.710. The Bertz CT molecular complexity index is 796. The summed E-state index contributed by atoms with van der Waals surface area (Å²) in [6, 6.07) is 5.89. The fourth-order valence-electron chi connectivity index (χ4n) is 3.07. The standard InChI is InChI=1S/C20H26ClN3O5/c1-4-8-24-13(2)17(19(26)29-10-9-28-3)18(23-20(24)27)14-6-5-7-15(11-14)22-16(25)12-21/h5-7,11,18H,4,8-10,12H2,1-3H3,(H,22,25)(H,23,27). The number of rotatable bonds is 9. The lowest BCUT2D eigenvalue weighted by Crippen LogP contribution is -2.48. The van der Waals surface area contributed by atoms with E-state index in [0.717, 1.165) is 6.42 Å². The molecular formula is C20H26ClN3O5. The molecule has 1 heterocycles. The molecule has 1 unspecified atom stereocenters. The van der Waals surface area contributed by atoms with Crippen LogP contribution in [0.5, 0.6) is 0 Å². The Balaban J connectivity index is 2.42. The Morgan fingerprint density at radius 1 is 1.31 bits per heavy atom. The number of alkyl halides is 1. The first kappa shape index (κ1) is 22.7. The molecule has 8 nitrogen and oxygen atoms in total. The Hall–Kier alpha value is -2.58. The number of esters is 1. The van der Waals surface area contributed by atoms with Crippen molar-refractivity contribution in [2.45, 2.75) is 26.3 Å². The third kappa shape index (κ3) is 5.71. The van der Waals surface area contributed by atoms with Crippen molar-refractivity contribution in [1.82, 2.24) is 10.2 Å². The predicted molar refractivity (Wildman–Crippen MR) is 110 cm³/mol. The van der Waals surface area contributed by atoms with Gasteiger partial charge in [0.15, 0.2) is 0 Å². The van der Waals surface area contributed by atoms with Gasteiger partial charge in [-0.25, -0.2) is 9.59 Å². The Morgan fingerprint density at radius 2 is 2.07 bits per heavy atom. The third-order valence-electron chi connectivity index (χ3n) is 4.41. The first-order valence-electron chi connectivity index (χ1n) is 9.33. The molecule has 158 valence electrons. The van der Waals surface area contributed by atoms with Crippen molar-refractivity contribution in [3.05, 3.63) is 41.1 Å². The molecule has 3 amide bonds. The minimum Gasteiger partial charge on any atom is -0.460 e. The van der Waals surface area contributed by atoms with Gasteiger partial charge in [0.05, 0.1) is 18.2 Å². The van der Waals surface area contributed by atoms with Gasteiger partial charge in [0, 0.05) is 25.0 Å². The molecule has 1 atom stereocenters. The molecule has 2 rings (SSSR count). The fraction of sp³-hybridized carbons (Fsp3) is 0.450. The van der Waals surface area contributed by atoms with Gasteiger partial charge in [-0.3, -0.25) is 9.69 Å². The summed E-state index contributed by atoms with van der Waals surface area (Å²) >= 11 is 5.55. The maximum atomic E-state index is 12.8. The molecule has 0 saturated carbocycles. The number of nitrogens with one attached hydrogen (secondary N) is 2. The zero-order valence-corrected chi connectivity index (χ0v) is 17.5. The average Bonchev–Trinajstić information content (AvgIpc) is 2.70. The number of urea groups is 1. The lowest BCUT2D eigenvalue weighted by Gasteiger charge is -2.35. The van der Waals surface area contributed by atoms with E-state index in [1.807, 2.05) is 6.92 Å². The Labute approximate surface area is 175 Å². The van der Waals surface area contributed by atoms with Gasteiger partial charge in [0.25, 0.3) is 0 Å². The fourth-order valence-corrected chi connectivity index (χ4v) is 3.14. The summed E-state index contributed by atoms with van der Waals surface area (Å²) in [5.41, 5.74) is 2.04. The van der Waals surface area contributed by atoms with Crippen LogP contribution in [0.4, 0.5) is 10.5 Å². The maximum absolute atomic E-state index is 12.8. The number of hydrogen-bond acceptors (Lipinski definition) is 5. The van der Waals surface area contributed by atoms with E-state index < -0.39 is 12.0 Å². The summed E-state index contributed by atoms with van der Waals surface area (Å²) in [6.45, 7) is 4.53. The van der Waals surface area contributed by atoms with E-state index in [4.69, 9.17) is 21.1 Å². The van der Waals surface area contributed by atoms with Crippen LogP contribution in [0.3, 0.4) is 0 Å². The van der Waals surface area contributed by atoms with Crippen molar-refractivity contribution in [3.8, 4) is 0 Å². The van der Waals surface area contributed by atoms with Crippen LogP contribution < -0.4 is 10.6 Å². The van der Waals surface area contributed by atoms with E-state index >= 15 is 0 Å². The van der Waals surface area contributed by atoms with Crippen LogP contribution in [-0.2, 0) is 19.1 Å². The van der Waals surface area contributed by atoms with Crippen LogP contribution in [0.1, 0.15) is 31.9 Å². The molecule has 0 aliphatic carbocycles. The highest BCUT2D eigenvalue weighted by molar-refractivity contribution is 6.29. The van der Waals surface area contributed by atoms with E-state index in [9.17, 15) is 14.4 Å². The lowest BCUT2D eigenvalue weighted by molar-refractivity contribution is -0.141. The predicted octanol–water partition coefficient (Wildman–Crippen LogP) is 2.80. The zero-order valence-electron chi connectivity index (χ0n) is 16.8. The van der Waals surface area contributed by atoms with Crippen molar-refractivity contribution in [1.29, 1.82) is 0 Å². The van der Waals surface area contributed by atoms with Crippen LogP contribution in [0.15, 0.2) is 35.5 Å². The molecule has 0 radical (unpaired) electrons. The van der Waals surface area contributed by atoms with Crippen LogP contribution in [0.25, 0.3) is 0 Å². The topological polar surface area (TPSA) is 97.0 Å². The van der Waals surface area contributed by atoms with E-state index in [0.29, 0.717) is 29.1 Å². The number of methoxy groups -OCH3 is 1. The number of carbonyl (C=O) groups excluding carboxylic acids is 3. The summed E-state index contributed by atoms with van der Waals surface area (Å²) < 4.78 is 10.3. The number of hydrogen-bond donors (Lipinski definition) is 2. The smallest absolute Gasteiger partial charge is 0.338 e. The third-order valence-corrected chi connectivity index (χ3v) is 4.65. The number of carbonyl (C=O) groups is 3. The summed E-state index contributed by atoms with van der Waals surface area (Å²) in [6.07, 6.45) is 0.737. The van der Waals surface area contributed by atoms with Crippen molar-refractivity contribution >= 4 is 35.2 Å². The maximum Gasteiger partial charge on any atom is 0.338 e. The highest BCUT2D eigenvalue weighted by Gasteiger charge is 2.36. The molecule has 0 saturated heterocycles. The molecule has 0 aromatic heterocycles. The van der Waals surface area contributed by atoms with Crippen molar-refractivity contribution < 1.29 is 23.9 Å². The second kappa shape index (κ2) is 10.8. The minimum absolute atomic E-state index is 0.104. The molecular weight excluding hydrogens is 398 g/mol.